The lowest BCUT2D eigenvalue weighted by atomic mass is 9.92. The number of carboxylic acids is 1. The molecule has 7 nitrogen and oxygen atoms in total. The van der Waals surface area contributed by atoms with E-state index in [0.29, 0.717) is 46.6 Å². The predicted molar refractivity (Wildman–Crippen MR) is 171 cm³/mol. The molecule has 1 heterocycles. The number of aliphatic hydroxyl groups is 2. The Labute approximate surface area is 258 Å². The zero-order valence-electron chi connectivity index (χ0n) is 25.4. The first-order valence-electron chi connectivity index (χ1n) is 15.2. The Morgan fingerprint density at radius 2 is 1.50 bits per heavy atom. The second kappa shape index (κ2) is 14.9. The van der Waals surface area contributed by atoms with Gasteiger partial charge in [-0.15, -0.1) is 0 Å². The van der Waals surface area contributed by atoms with Crippen molar-refractivity contribution in [1.29, 1.82) is 0 Å². The maximum Gasteiger partial charge on any atom is 0.309 e. The minimum atomic E-state index is -1.21. The highest BCUT2D eigenvalue weighted by atomic mass is 19.1. The number of benzene rings is 3. The van der Waals surface area contributed by atoms with Gasteiger partial charge in [0.15, 0.2) is 0 Å². The standard InChI is InChI=1S/C36H41FN2O5/c1-4-13-28(36(43)44)30(41)22-26(40)20-21-39-33(23(2)3)32(35(42)38-25-16-9-6-10-17-25)31(24-14-7-5-8-15-24)34(39)27-18-11-12-19-29(27)37/h5-12,14-19,23,26,28,30,40-41H,4,13,20-22H2,1-3H3,(H,38,42)(H,43,44). The number of aromatic nitrogens is 1. The summed E-state index contributed by atoms with van der Waals surface area (Å²) in [5.74, 6) is -3.02. The van der Waals surface area contributed by atoms with Crippen molar-refractivity contribution in [1.82, 2.24) is 4.57 Å². The second-order valence-electron chi connectivity index (χ2n) is 11.4. The zero-order chi connectivity index (χ0) is 31.8. The molecule has 0 fully saturated rings. The minimum absolute atomic E-state index is 0.114. The van der Waals surface area contributed by atoms with Crippen molar-refractivity contribution in [2.45, 2.75) is 71.1 Å². The molecule has 0 aliphatic rings. The van der Waals surface area contributed by atoms with Crippen LogP contribution in [0.5, 0.6) is 0 Å². The van der Waals surface area contributed by atoms with Crippen LogP contribution in [-0.4, -0.2) is 44.0 Å². The molecule has 4 N–H and O–H groups in total. The first-order chi connectivity index (χ1) is 21.1. The van der Waals surface area contributed by atoms with Crippen LogP contribution in [0, 0.1) is 11.7 Å². The SMILES string of the molecule is CCCC(C(=O)O)C(O)CC(O)CCn1c(-c2ccccc2F)c(-c2ccccc2)c(C(=O)Nc2ccccc2)c1C(C)C. The fraction of sp³-hybridized carbons (Fsp3) is 0.333. The van der Waals surface area contributed by atoms with Crippen LogP contribution in [0.2, 0.25) is 0 Å². The Hall–Kier alpha value is -4.27. The lowest BCUT2D eigenvalue weighted by Gasteiger charge is -2.23. The smallest absolute Gasteiger partial charge is 0.309 e. The average molecular weight is 601 g/mol. The lowest BCUT2D eigenvalue weighted by molar-refractivity contribution is -0.146. The number of hydrogen-bond acceptors (Lipinski definition) is 4. The van der Waals surface area contributed by atoms with Crippen molar-refractivity contribution >= 4 is 17.6 Å². The van der Waals surface area contributed by atoms with Crippen LogP contribution in [0.3, 0.4) is 0 Å². The summed E-state index contributed by atoms with van der Waals surface area (Å²) in [6, 6.07) is 24.9. The molecule has 8 heteroatoms. The molecule has 1 amide bonds. The highest BCUT2D eigenvalue weighted by Gasteiger charge is 2.32. The summed E-state index contributed by atoms with van der Waals surface area (Å²) in [5, 5.41) is 34.2. The van der Waals surface area contributed by atoms with Gasteiger partial charge in [0, 0.05) is 35.5 Å². The number of amides is 1. The van der Waals surface area contributed by atoms with Gasteiger partial charge in [-0.1, -0.05) is 87.9 Å². The van der Waals surface area contributed by atoms with E-state index in [4.69, 9.17) is 0 Å². The Morgan fingerprint density at radius 1 is 0.886 bits per heavy atom. The molecule has 0 saturated carbocycles. The molecule has 0 saturated heterocycles. The number of hydrogen-bond donors (Lipinski definition) is 4. The van der Waals surface area contributed by atoms with Gasteiger partial charge in [0.25, 0.3) is 5.91 Å². The van der Waals surface area contributed by atoms with Gasteiger partial charge in [0.2, 0.25) is 0 Å². The molecule has 0 spiro atoms. The lowest BCUT2D eigenvalue weighted by Crippen LogP contribution is -2.31. The van der Waals surface area contributed by atoms with Crippen LogP contribution in [0.15, 0.2) is 84.9 Å². The van der Waals surface area contributed by atoms with Gasteiger partial charge in [-0.25, -0.2) is 4.39 Å². The van der Waals surface area contributed by atoms with Gasteiger partial charge in [0.1, 0.15) is 5.82 Å². The first kappa shape index (κ1) is 32.6. The van der Waals surface area contributed by atoms with E-state index < -0.39 is 29.9 Å². The van der Waals surface area contributed by atoms with E-state index in [1.807, 2.05) is 73.9 Å². The highest BCUT2D eigenvalue weighted by Crippen LogP contribution is 2.43. The van der Waals surface area contributed by atoms with Gasteiger partial charge < -0.3 is 25.2 Å². The summed E-state index contributed by atoms with van der Waals surface area (Å²) < 4.78 is 17.5. The van der Waals surface area contributed by atoms with E-state index in [2.05, 4.69) is 5.32 Å². The molecule has 0 aliphatic carbocycles. The number of carboxylic acid groups (broad SMARTS) is 1. The first-order valence-corrected chi connectivity index (χ1v) is 15.2. The number of aliphatic carboxylic acids is 1. The fourth-order valence-corrected chi connectivity index (χ4v) is 5.86. The van der Waals surface area contributed by atoms with Crippen LogP contribution < -0.4 is 5.32 Å². The van der Waals surface area contributed by atoms with Gasteiger partial charge in [-0.3, -0.25) is 9.59 Å². The third-order valence-corrected chi connectivity index (χ3v) is 7.88. The van der Waals surface area contributed by atoms with Crippen LogP contribution >= 0.6 is 0 Å². The van der Waals surface area contributed by atoms with Gasteiger partial charge in [-0.05, 0) is 48.6 Å². The molecule has 1 aromatic heterocycles. The number of para-hydroxylation sites is 1. The number of aliphatic hydroxyl groups excluding tert-OH is 2. The number of halogens is 1. The summed E-state index contributed by atoms with van der Waals surface area (Å²) in [5.41, 5.74) is 3.86. The van der Waals surface area contributed by atoms with Crippen molar-refractivity contribution < 1.29 is 29.3 Å². The normalized spacial score (nSPS) is 13.4. The van der Waals surface area contributed by atoms with Crippen molar-refractivity contribution in [2.24, 2.45) is 5.92 Å². The van der Waals surface area contributed by atoms with E-state index in [1.54, 1.807) is 30.3 Å². The van der Waals surface area contributed by atoms with Crippen LogP contribution in [0.25, 0.3) is 22.4 Å². The molecule has 4 aromatic rings. The monoisotopic (exact) mass is 600 g/mol. The van der Waals surface area contributed by atoms with Crippen LogP contribution in [0.1, 0.15) is 68.4 Å². The summed E-state index contributed by atoms with van der Waals surface area (Å²) in [6.45, 7) is 5.98. The molecule has 0 bridgehead atoms. The maximum absolute atomic E-state index is 15.6. The zero-order valence-corrected chi connectivity index (χ0v) is 25.4. The molecule has 3 unspecified atom stereocenters. The van der Waals surface area contributed by atoms with Crippen LogP contribution in [-0.2, 0) is 11.3 Å². The summed E-state index contributed by atoms with van der Waals surface area (Å²) in [4.78, 5) is 25.8. The van der Waals surface area contributed by atoms with Crippen molar-refractivity contribution in [3.63, 3.8) is 0 Å². The van der Waals surface area contributed by atoms with E-state index in [-0.39, 0.29) is 31.2 Å². The number of nitrogens with one attached hydrogen (secondary N) is 1. The van der Waals surface area contributed by atoms with Crippen molar-refractivity contribution in [2.75, 3.05) is 5.32 Å². The number of carbonyl (C=O) groups excluding carboxylic acids is 1. The largest absolute Gasteiger partial charge is 0.481 e. The molecule has 0 aliphatic heterocycles. The molecule has 44 heavy (non-hydrogen) atoms. The van der Waals surface area contributed by atoms with Gasteiger partial charge in [-0.2, -0.15) is 0 Å². The van der Waals surface area contributed by atoms with Crippen LogP contribution in [0.4, 0.5) is 10.1 Å². The van der Waals surface area contributed by atoms with Gasteiger partial charge >= 0.3 is 5.97 Å². The van der Waals surface area contributed by atoms with E-state index >= 15 is 4.39 Å². The number of nitrogens with zero attached hydrogens (tertiary/aromatic N) is 1. The molecular formula is C36H41FN2O5. The quantitative estimate of drug-likeness (QED) is 0.121. The third kappa shape index (κ3) is 7.44. The fourth-order valence-electron chi connectivity index (χ4n) is 5.86. The molecule has 232 valence electrons. The van der Waals surface area contributed by atoms with Crippen molar-refractivity contribution in [3.8, 4) is 22.4 Å². The number of carbonyl (C=O) groups is 2. The Kier molecular flexibility index (Phi) is 11.1. The Balaban J connectivity index is 1.86. The molecule has 0 radical (unpaired) electrons. The Bertz CT molecular complexity index is 1550. The molecule has 4 rings (SSSR count). The number of rotatable bonds is 14. The van der Waals surface area contributed by atoms with E-state index in [0.717, 1.165) is 5.56 Å². The summed E-state index contributed by atoms with van der Waals surface area (Å²) in [6.07, 6.45) is -1.31. The van der Waals surface area contributed by atoms with Gasteiger partial charge in [0.05, 0.1) is 29.4 Å². The second-order valence-corrected chi connectivity index (χ2v) is 11.4. The van der Waals surface area contributed by atoms with E-state index in [1.165, 1.54) is 6.07 Å². The molecule has 3 atom stereocenters. The highest BCUT2D eigenvalue weighted by molar-refractivity contribution is 6.12. The maximum atomic E-state index is 15.6. The molecular weight excluding hydrogens is 559 g/mol. The van der Waals surface area contributed by atoms with Crippen molar-refractivity contribution in [3.05, 3.63) is 102 Å². The van der Waals surface area contributed by atoms with E-state index in [9.17, 15) is 24.9 Å². The topological polar surface area (TPSA) is 112 Å². The summed E-state index contributed by atoms with van der Waals surface area (Å²) >= 11 is 0. The number of anilines is 1. The third-order valence-electron chi connectivity index (χ3n) is 7.88. The summed E-state index contributed by atoms with van der Waals surface area (Å²) in [7, 11) is 0. The molecule has 3 aromatic carbocycles. The minimum Gasteiger partial charge on any atom is -0.481 e. The Morgan fingerprint density at radius 3 is 2.09 bits per heavy atom. The average Bonchev–Trinajstić information content (AvgIpc) is 3.35. The predicted octanol–water partition coefficient (Wildman–Crippen LogP) is 7.34.